The highest BCUT2D eigenvalue weighted by Gasteiger charge is 2.36. The Hall–Kier alpha value is -2.24. The number of rotatable bonds is 5. The molecule has 0 aliphatic heterocycles. The number of aromatic nitrogens is 4. The Kier molecular flexibility index (Phi) is 4.04. The van der Waals surface area contributed by atoms with Crippen LogP contribution >= 0.6 is 0 Å². The molecule has 1 atom stereocenters. The molecule has 2 aliphatic rings. The lowest BCUT2D eigenvalue weighted by Crippen LogP contribution is -2.31. The van der Waals surface area contributed by atoms with Gasteiger partial charge in [-0.15, -0.1) is 0 Å². The van der Waals surface area contributed by atoms with Gasteiger partial charge in [0.15, 0.2) is 5.82 Å². The van der Waals surface area contributed by atoms with Crippen molar-refractivity contribution in [1.29, 1.82) is 0 Å². The van der Waals surface area contributed by atoms with E-state index in [0.717, 1.165) is 31.4 Å². The molecule has 2 aromatic heterocycles. The minimum absolute atomic E-state index is 0.117. The summed E-state index contributed by atoms with van der Waals surface area (Å²) < 4.78 is 1.96. The normalized spacial score (nSPS) is 19.4. The molecule has 2 aliphatic carbocycles. The second kappa shape index (κ2) is 6.34. The van der Waals surface area contributed by atoms with E-state index in [2.05, 4.69) is 20.4 Å². The van der Waals surface area contributed by atoms with Crippen LogP contribution < -0.4 is 5.32 Å². The molecule has 0 spiro atoms. The summed E-state index contributed by atoms with van der Waals surface area (Å²) >= 11 is 0. The Labute approximate surface area is 141 Å². The Balaban J connectivity index is 1.49. The number of hydrogen-bond acceptors (Lipinski definition) is 4. The van der Waals surface area contributed by atoms with E-state index in [-0.39, 0.29) is 11.9 Å². The number of hydrogen-bond donors (Lipinski definition) is 1. The average Bonchev–Trinajstić information content (AvgIpc) is 3.08. The highest BCUT2D eigenvalue weighted by Crippen LogP contribution is 2.40. The lowest BCUT2D eigenvalue weighted by atomic mass is 10.1. The second-order valence-electron chi connectivity index (χ2n) is 6.96. The van der Waals surface area contributed by atoms with E-state index in [4.69, 9.17) is 0 Å². The number of nitrogens with one attached hydrogen (secondary N) is 1. The van der Waals surface area contributed by atoms with Crippen molar-refractivity contribution in [1.82, 2.24) is 25.1 Å². The van der Waals surface area contributed by atoms with Gasteiger partial charge in [-0.2, -0.15) is 5.10 Å². The molecule has 1 amide bonds. The summed E-state index contributed by atoms with van der Waals surface area (Å²) in [5.74, 6) is 1.02. The lowest BCUT2D eigenvalue weighted by molar-refractivity contribution is 0.0923. The van der Waals surface area contributed by atoms with E-state index in [0.29, 0.717) is 23.5 Å². The van der Waals surface area contributed by atoms with Crippen LogP contribution in [0.1, 0.15) is 72.6 Å². The van der Waals surface area contributed by atoms with Crippen molar-refractivity contribution in [3.05, 3.63) is 41.7 Å². The molecule has 0 aromatic carbocycles. The molecule has 1 unspecified atom stereocenters. The fraction of sp³-hybridized carbons (Fsp3) is 0.556. The zero-order chi connectivity index (χ0) is 16.5. The fourth-order valence-electron chi connectivity index (χ4n) is 3.49. The zero-order valence-electron chi connectivity index (χ0n) is 14.0. The molecular weight excluding hydrogens is 302 g/mol. The minimum Gasteiger partial charge on any atom is -0.340 e. The van der Waals surface area contributed by atoms with Crippen LogP contribution in [-0.4, -0.2) is 25.7 Å². The quantitative estimate of drug-likeness (QED) is 0.917. The van der Waals surface area contributed by atoms with Crippen molar-refractivity contribution < 1.29 is 4.79 Å². The molecule has 6 heteroatoms. The van der Waals surface area contributed by atoms with Crippen molar-refractivity contribution in [2.24, 2.45) is 5.92 Å². The van der Waals surface area contributed by atoms with Crippen molar-refractivity contribution in [2.45, 2.75) is 57.5 Å². The lowest BCUT2D eigenvalue weighted by Gasteiger charge is -2.16. The smallest absolute Gasteiger partial charge is 0.272 e. The third-order valence-electron chi connectivity index (χ3n) is 5.01. The maximum atomic E-state index is 12.6. The monoisotopic (exact) mass is 325 g/mol. The maximum Gasteiger partial charge on any atom is 0.272 e. The second-order valence-corrected chi connectivity index (χ2v) is 6.96. The molecule has 2 heterocycles. The van der Waals surface area contributed by atoms with Crippen LogP contribution in [0.15, 0.2) is 24.5 Å². The van der Waals surface area contributed by atoms with Gasteiger partial charge < -0.3 is 5.32 Å². The van der Waals surface area contributed by atoms with E-state index in [1.807, 2.05) is 29.9 Å². The minimum atomic E-state index is -0.131. The number of nitrogens with zero attached hydrogens (tertiary/aromatic N) is 4. The van der Waals surface area contributed by atoms with Crippen molar-refractivity contribution in [3.8, 4) is 0 Å². The van der Waals surface area contributed by atoms with Crippen LogP contribution in [0.5, 0.6) is 0 Å². The Bertz CT molecular complexity index is 731. The first-order valence-electron chi connectivity index (χ1n) is 8.86. The van der Waals surface area contributed by atoms with E-state index in [1.54, 1.807) is 6.20 Å². The summed E-state index contributed by atoms with van der Waals surface area (Å²) in [5.41, 5.74) is 1.41. The molecule has 2 saturated carbocycles. The van der Waals surface area contributed by atoms with Gasteiger partial charge >= 0.3 is 0 Å². The van der Waals surface area contributed by atoms with Gasteiger partial charge in [-0.05, 0) is 50.7 Å². The Morgan fingerprint density at radius 3 is 2.75 bits per heavy atom. The summed E-state index contributed by atoms with van der Waals surface area (Å²) in [7, 11) is 0. The van der Waals surface area contributed by atoms with Crippen LogP contribution in [0.2, 0.25) is 0 Å². The number of amides is 1. The summed E-state index contributed by atoms with van der Waals surface area (Å²) in [4.78, 5) is 21.5. The summed E-state index contributed by atoms with van der Waals surface area (Å²) in [5, 5.41) is 7.60. The molecule has 6 nitrogen and oxygen atoms in total. The van der Waals surface area contributed by atoms with Crippen LogP contribution in [0.25, 0.3) is 0 Å². The summed E-state index contributed by atoms with van der Waals surface area (Å²) in [6.45, 7) is 1.94. The standard InChI is InChI=1S/C18H23N5O/c1-12-8-10-19-17(20-12)16(13-6-7-13)21-18(24)15-9-11-23(22-15)14-4-2-3-5-14/h8-11,13-14,16H,2-7H2,1H3,(H,21,24). The van der Waals surface area contributed by atoms with Crippen LogP contribution in [0.4, 0.5) is 0 Å². The van der Waals surface area contributed by atoms with Crippen LogP contribution in [-0.2, 0) is 0 Å². The van der Waals surface area contributed by atoms with Gasteiger partial charge in [-0.3, -0.25) is 9.48 Å². The van der Waals surface area contributed by atoms with Gasteiger partial charge in [0.25, 0.3) is 5.91 Å². The molecule has 4 rings (SSSR count). The van der Waals surface area contributed by atoms with Crippen molar-refractivity contribution in [3.63, 3.8) is 0 Å². The number of carbonyl (C=O) groups excluding carboxylic acids is 1. The van der Waals surface area contributed by atoms with Crippen molar-refractivity contribution >= 4 is 5.91 Å². The molecule has 0 saturated heterocycles. The Morgan fingerprint density at radius 2 is 2.04 bits per heavy atom. The topological polar surface area (TPSA) is 72.7 Å². The Morgan fingerprint density at radius 1 is 1.25 bits per heavy atom. The van der Waals surface area contributed by atoms with E-state index in [1.165, 1.54) is 12.8 Å². The zero-order valence-corrected chi connectivity index (χ0v) is 14.0. The SMILES string of the molecule is Cc1ccnc(C(NC(=O)c2ccn(C3CCCC3)n2)C2CC2)n1. The van der Waals surface area contributed by atoms with Crippen LogP contribution in [0, 0.1) is 12.8 Å². The highest BCUT2D eigenvalue weighted by atomic mass is 16.2. The summed E-state index contributed by atoms with van der Waals surface area (Å²) in [6, 6.07) is 4.02. The largest absolute Gasteiger partial charge is 0.340 e. The predicted octanol–water partition coefficient (Wildman–Crippen LogP) is 2.98. The molecule has 126 valence electrons. The van der Waals surface area contributed by atoms with Gasteiger partial charge in [0.1, 0.15) is 5.69 Å². The number of aryl methyl sites for hydroxylation is 1. The maximum absolute atomic E-state index is 12.6. The third-order valence-corrected chi connectivity index (χ3v) is 5.01. The van der Waals surface area contributed by atoms with Gasteiger partial charge in [-0.25, -0.2) is 9.97 Å². The number of carbonyl (C=O) groups is 1. The first-order chi connectivity index (χ1) is 11.7. The van der Waals surface area contributed by atoms with E-state index >= 15 is 0 Å². The highest BCUT2D eigenvalue weighted by molar-refractivity contribution is 5.92. The molecule has 1 N–H and O–H groups in total. The molecule has 0 bridgehead atoms. The molecule has 0 radical (unpaired) electrons. The summed E-state index contributed by atoms with van der Waals surface area (Å²) in [6.07, 6.45) is 10.7. The van der Waals surface area contributed by atoms with Gasteiger partial charge in [-0.1, -0.05) is 12.8 Å². The first kappa shape index (κ1) is 15.3. The molecule has 24 heavy (non-hydrogen) atoms. The van der Waals surface area contributed by atoms with Gasteiger partial charge in [0.2, 0.25) is 0 Å². The van der Waals surface area contributed by atoms with Gasteiger partial charge in [0, 0.05) is 18.1 Å². The first-order valence-corrected chi connectivity index (χ1v) is 8.86. The third kappa shape index (κ3) is 3.18. The van der Waals surface area contributed by atoms with Gasteiger partial charge in [0.05, 0.1) is 12.1 Å². The van der Waals surface area contributed by atoms with Crippen molar-refractivity contribution in [2.75, 3.05) is 0 Å². The van der Waals surface area contributed by atoms with Crippen LogP contribution in [0.3, 0.4) is 0 Å². The fourth-order valence-corrected chi connectivity index (χ4v) is 3.49. The molecule has 2 fully saturated rings. The molecular formula is C18H23N5O. The molecule has 2 aromatic rings. The van der Waals surface area contributed by atoms with E-state index in [9.17, 15) is 4.79 Å². The van der Waals surface area contributed by atoms with E-state index < -0.39 is 0 Å². The average molecular weight is 325 g/mol. The predicted molar refractivity (Wildman–Crippen MR) is 89.4 cm³/mol.